The summed E-state index contributed by atoms with van der Waals surface area (Å²) >= 11 is 0. The van der Waals surface area contributed by atoms with Gasteiger partial charge in [0.1, 0.15) is 5.56 Å². The molecule has 0 saturated carbocycles. The van der Waals surface area contributed by atoms with Crippen LogP contribution in [0.3, 0.4) is 0 Å². The SMILES string of the molecule is O=C1c2cccc([N+](=O)[O-])c2C(=O)N1CCN1CCNCC1. The van der Waals surface area contributed by atoms with Gasteiger partial charge in [-0.05, 0) is 6.07 Å². The second-order valence-electron chi connectivity index (χ2n) is 5.31. The Morgan fingerprint density at radius 1 is 1.14 bits per heavy atom. The number of nitro benzene ring substituents is 1. The van der Waals surface area contributed by atoms with Gasteiger partial charge in [0.05, 0.1) is 10.5 Å². The van der Waals surface area contributed by atoms with Crippen molar-refractivity contribution in [3.05, 3.63) is 39.4 Å². The third-order valence-electron chi connectivity index (χ3n) is 4.02. The molecule has 0 aliphatic carbocycles. The summed E-state index contributed by atoms with van der Waals surface area (Å²) in [6.07, 6.45) is 0. The Balaban J connectivity index is 1.78. The van der Waals surface area contributed by atoms with E-state index in [9.17, 15) is 19.7 Å². The van der Waals surface area contributed by atoms with E-state index < -0.39 is 16.7 Å². The van der Waals surface area contributed by atoms with Crippen molar-refractivity contribution in [2.24, 2.45) is 0 Å². The summed E-state index contributed by atoms with van der Waals surface area (Å²) in [6, 6.07) is 4.15. The van der Waals surface area contributed by atoms with Crippen molar-refractivity contribution in [1.29, 1.82) is 0 Å². The van der Waals surface area contributed by atoms with Crippen LogP contribution in [-0.4, -0.2) is 65.8 Å². The number of nitrogens with zero attached hydrogens (tertiary/aromatic N) is 3. The second-order valence-corrected chi connectivity index (χ2v) is 5.31. The minimum absolute atomic E-state index is 0.0854. The van der Waals surface area contributed by atoms with E-state index in [0.717, 1.165) is 31.1 Å². The lowest BCUT2D eigenvalue weighted by Gasteiger charge is -2.28. The molecule has 116 valence electrons. The number of fused-ring (bicyclic) bond motifs is 1. The molecule has 2 amide bonds. The fraction of sp³-hybridized carbons (Fsp3) is 0.429. The molecule has 2 heterocycles. The number of carbonyl (C=O) groups is 2. The predicted molar refractivity (Wildman–Crippen MR) is 77.8 cm³/mol. The van der Waals surface area contributed by atoms with Crippen LogP contribution in [0.1, 0.15) is 20.7 Å². The summed E-state index contributed by atoms with van der Waals surface area (Å²) < 4.78 is 0. The monoisotopic (exact) mass is 304 g/mol. The normalized spacial score (nSPS) is 18.6. The van der Waals surface area contributed by atoms with E-state index >= 15 is 0 Å². The van der Waals surface area contributed by atoms with Crippen molar-refractivity contribution in [2.45, 2.75) is 0 Å². The summed E-state index contributed by atoms with van der Waals surface area (Å²) in [4.78, 5) is 38.4. The van der Waals surface area contributed by atoms with Gasteiger partial charge in [-0.15, -0.1) is 0 Å². The van der Waals surface area contributed by atoms with Crippen molar-refractivity contribution in [2.75, 3.05) is 39.3 Å². The Bertz CT molecular complexity index is 640. The average molecular weight is 304 g/mol. The zero-order valence-corrected chi connectivity index (χ0v) is 11.9. The molecule has 1 aromatic rings. The first-order valence-electron chi connectivity index (χ1n) is 7.16. The molecule has 0 atom stereocenters. The quantitative estimate of drug-likeness (QED) is 0.481. The van der Waals surface area contributed by atoms with Crippen LogP contribution in [0.2, 0.25) is 0 Å². The predicted octanol–water partition coefficient (Wildman–Crippen LogP) is 0.0960. The molecular formula is C14H16N4O4. The zero-order chi connectivity index (χ0) is 15.7. The Morgan fingerprint density at radius 2 is 1.86 bits per heavy atom. The highest BCUT2D eigenvalue weighted by Crippen LogP contribution is 2.30. The van der Waals surface area contributed by atoms with E-state index in [-0.39, 0.29) is 23.4 Å². The molecule has 1 N–H and O–H groups in total. The van der Waals surface area contributed by atoms with Gasteiger partial charge in [0.15, 0.2) is 0 Å². The van der Waals surface area contributed by atoms with E-state index in [1.54, 1.807) is 0 Å². The van der Waals surface area contributed by atoms with E-state index in [4.69, 9.17) is 0 Å². The summed E-state index contributed by atoms with van der Waals surface area (Å²) in [6.45, 7) is 4.33. The van der Waals surface area contributed by atoms with Crippen LogP contribution in [0.25, 0.3) is 0 Å². The number of imide groups is 1. The molecule has 2 aliphatic heterocycles. The lowest BCUT2D eigenvalue weighted by atomic mass is 10.1. The van der Waals surface area contributed by atoms with Gasteiger partial charge in [-0.1, -0.05) is 6.07 Å². The van der Waals surface area contributed by atoms with Crippen molar-refractivity contribution in [1.82, 2.24) is 15.1 Å². The highest BCUT2D eigenvalue weighted by atomic mass is 16.6. The fourth-order valence-corrected chi connectivity index (χ4v) is 2.85. The van der Waals surface area contributed by atoms with Crippen molar-refractivity contribution >= 4 is 17.5 Å². The maximum Gasteiger partial charge on any atom is 0.282 e. The number of carbonyl (C=O) groups excluding carboxylic acids is 2. The Labute approximate surface area is 126 Å². The number of benzene rings is 1. The molecule has 8 heteroatoms. The van der Waals surface area contributed by atoms with Crippen LogP contribution in [0, 0.1) is 10.1 Å². The summed E-state index contributed by atoms with van der Waals surface area (Å²) in [5.74, 6) is -1.01. The number of nitrogens with one attached hydrogen (secondary N) is 1. The van der Waals surface area contributed by atoms with Crippen LogP contribution >= 0.6 is 0 Å². The maximum atomic E-state index is 12.4. The van der Waals surface area contributed by atoms with Crippen LogP contribution < -0.4 is 5.32 Å². The minimum atomic E-state index is -0.621. The van der Waals surface area contributed by atoms with Gasteiger partial charge in [-0.2, -0.15) is 0 Å². The van der Waals surface area contributed by atoms with E-state index in [2.05, 4.69) is 10.2 Å². The fourth-order valence-electron chi connectivity index (χ4n) is 2.85. The first-order valence-corrected chi connectivity index (χ1v) is 7.16. The van der Waals surface area contributed by atoms with Crippen LogP contribution in [0.15, 0.2) is 18.2 Å². The topological polar surface area (TPSA) is 95.8 Å². The van der Waals surface area contributed by atoms with Gasteiger partial charge in [0.25, 0.3) is 17.5 Å². The number of hydrogen-bond acceptors (Lipinski definition) is 6. The van der Waals surface area contributed by atoms with Crippen molar-refractivity contribution in [3.63, 3.8) is 0 Å². The summed E-state index contributed by atoms with van der Waals surface area (Å²) in [7, 11) is 0. The highest BCUT2D eigenvalue weighted by Gasteiger charge is 2.40. The van der Waals surface area contributed by atoms with Gasteiger partial charge in [0.2, 0.25) is 0 Å². The van der Waals surface area contributed by atoms with E-state index in [0.29, 0.717) is 6.54 Å². The number of piperazine rings is 1. The van der Waals surface area contributed by atoms with Gasteiger partial charge in [0, 0.05) is 45.3 Å². The summed E-state index contributed by atoms with van der Waals surface area (Å²) in [5.41, 5.74) is -0.266. The van der Waals surface area contributed by atoms with Gasteiger partial charge < -0.3 is 5.32 Å². The third-order valence-corrected chi connectivity index (χ3v) is 4.02. The molecule has 0 radical (unpaired) electrons. The Kier molecular flexibility index (Phi) is 3.86. The number of hydrogen-bond donors (Lipinski definition) is 1. The molecule has 22 heavy (non-hydrogen) atoms. The Morgan fingerprint density at radius 3 is 2.55 bits per heavy atom. The van der Waals surface area contributed by atoms with Crippen molar-refractivity contribution in [3.8, 4) is 0 Å². The Hall–Kier alpha value is -2.32. The molecule has 0 bridgehead atoms. The van der Waals surface area contributed by atoms with Crippen LogP contribution in [0.5, 0.6) is 0 Å². The summed E-state index contributed by atoms with van der Waals surface area (Å²) in [5, 5.41) is 14.3. The second kappa shape index (κ2) is 5.82. The molecule has 8 nitrogen and oxygen atoms in total. The number of amides is 2. The van der Waals surface area contributed by atoms with E-state index in [1.165, 1.54) is 18.2 Å². The maximum absolute atomic E-state index is 12.4. The zero-order valence-electron chi connectivity index (χ0n) is 11.9. The molecule has 1 aromatic carbocycles. The minimum Gasteiger partial charge on any atom is -0.314 e. The van der Waals surface area contributed by atoms with Crippen molar-refractivity contribution < 1.29 is 14.5 Å². The largest absolute Gasteiger partial charge is 0.314 e. The van der Waals surface area contributed by atoms with Crippen LogP contribution in [0.4, 0.5) is 5.69 Å². The standard InChI is InChI=1S/C14H16N4O4/c19-13-10-2-1-3-11(18(21)22)12(10)14(20)17(13)9-8-16-6-4-15-5-7-16/h1-3,15H,4-9H2. The molecule has 2 aliphatic rings. The third kappa shape index (κ3) is 2.46. The molecule has 1 fully saturated rings. The molecule has 0 aromatic heterocycles. The molecular weight excluding hydrogens is 288 g/mol. The molecule has 0 unspecified atom stereocenters. The first kappa shape index (κ1) is 14.6. The lowest BCUT2D eigenvalue weighted by molar-refractivity contribution is -0.385. The molecule has 3 rings (SSSR count). The average Bonchev–Trinajstić information content (AvgIpc) is 2.78. The van der Waals surface area contributed by atoms with Gasteiger partial charge >= 0.3 is 0 Å². The first-order chi connectivity index (χ1) is 10.6. The van der Waals surface area contributed by atoms with E-state index in [1.807, 2.05) is 0 Å². The molecule has 1 saturated heterocycles. The molecule has 0 spiro atoms. The lowest BCUT2D eigenvalue weighted by Crippen LogP contribution is -2.47. The van der Waals surface area contributed by atoms with Crippen LogP contribution in [-0.2, 0) is 0 Å². The van der Waals surface area contributed by atoms with Gasteiger partial charge in [-0.3, -0.25) is 29.5 Å². The number of nitro groups is 1. The number of rotatable bonds is 4. The van der Waals surface area contributed by atoms with Gasteiger partial charge in [-0.25, -0.2) is 0 Å². The highest BCUT2D eigenvalue weighted by molar-refractivity contribution is 6.23. The smallest absolute Gasteiger partial charge is 0.282 e.